The lowest BCUT2D eigenvalue weighted by atomic mass is 10.1. The maximum atomic E-state index is 12.5. The van der Waals surface area contributed by atoms with E-state index in [-0.39, 0.29) is 12.1 Å². The predicted octanol–water partition coefficient (Wildman–Crippen LogP) is 3.82. The van der Waals surface area contributed by atoms with Crippen LogP contribution in [0.2, 0.25) is 5.02 Å². The Balaban J connectivity index is 1.33. The van der Waals surface area contributed by atoms with E-state index >= 15 is 0 Å². The Morgan fingerprint density at radius 2 is 2.13 bits per heavy atom. The van der Waals surface area contributed by atoms with Gasteiger partial charge in [-0.15, -0.1) is 10.2 Å². The number of halogens is 1. The number of rotatable bonds is 8. The van der Waals surface area contributed by atoms with Gasteiger partial charge in [-0.1, -0.05) is 48.3 Å². The standard InChI is InChI=1S/C21H22ClN7O2/c1-2-6-16(20-27-26-17-9-3-4-12-29(17)20)24-21(30)23-11-10-18-25-19(28-31-18)14-7-5-8-15(22)13-14/h3-5,7-9,12-13,16H,2,6,10-11H2,1H3,(H2,23,24,30). The highest BCUT2D eigenvalue weighted by Crippen LogP contribution is 2.20. The number of urea groups is 1. The van der Waals surface area contributed by atoms with Gasteiger partial charge in [-0.3, -0.25) is 4.40 Å². The molecule has 4 rings (SSSR count). The van der Waals surface area contributed by atoms with Gasteiger partial charge in [0.05, 0.1) is 6.04 Å². The summed E-state index contributed by atoms with van der Waals surface area (Å²) in [5.74, 6) is 1.60. The molecule has 1 atom stereocenters. The number of benzene rings is 1. The third-order valence-electron chi connectivity index (χ3n) is 4.71. The summed E-state index contributed by atoms with van der Waals surface area (Å²) in [5, 5.41) is 18.8. The van der Waals surface area contributed by atoms with Gasteiger partial charge in [0.25, 0.3) is 0 Å². The average molecular weight is 440 g/mol. The van der Waals surface area contributed by atoms with Crippen LogP contribution in [0.25, 0.3) is 17.0 Å². The van der Waals surface area contributed by atoms with Gasteiger partial charge < -0.3 is 15.2 Å². The summed E-state index contributed by atoms with van der Waals surface area (Å²) in [7, 11) is 0. The molecule has 31 heavy (non-hydrogen) atoms. The van der Waals surface area contributed by atoms with Gasteiger partial charge in [-0.25, -0.2) is 4.79 Å². The zero-order valence-corrected chi connectivity index (χ0v) is 17.7. The molecule has 1 aromatic carbocycles. The van der Waals surface area contributed by atoms with Gasteiger partial charge >= 0.3 is 6.03 Å². The highest BCUT2D eigenvalue weighted by atomic mass is 35.5. The second-order valence-corrected chi connectivity index (χ2v) is 7.44. The molecule has 9 nitrogen and oxygen atoms in total. The molecule has 0 saturated heterocycles. The SMILES string of the molecule is CCCC(NC(=O)NCCc1nc(-c2cccc(Cl)c2)no1)c1nnc2ccccn12. The van der Waals surface area contributed by atoms with Crippen LogP contribution in [0.3, 0.4) is 0 Å². The smallest absolute Gasteiger partial charge is 0.315 e. The molecule has 0 bridgehead atoms. The van der Waals surface area contributed by atoms with E-state index in [4.69, 9.17) is 16.1 Å². The number of pyridine rings is 1. The lowest BCUT2D eigenvalue weighted by molar-refractivity contribution is 0.235. The van der Waals surface area contributed by atoms with E-state index in [1.807, 2.05) is 40.9 Å². The van der Waals surface area contributed by atoms with Crippen LogP contribution >= 0.6 is 11.6 Å². The normalized spacial score (nSPS) is 12.1. The Hall–Kier alpha value is -3.46. The van der Waals surface area contributed by atoms with E-state index in [1.54, 1.807) is 12.1 Å². The number of hydrogen-bond acceptors (Lipinski definition) is 6. The van der Waals surface area contributed by atoms with Crippen molar-refractivity contribution in [2.75, 3.05) is 6.54 Å². The van der Waals surface area contributed by atoms with E-state index in [0.717, 1.165) is 24.1 Å². The van der Waals surface area contributed by atoms with Gasteiger partial charge in [0.15, 0.2) is 11.5 Å². The maximum absolute atomic E-state index is 12.5. The molecule has 0 fully saturated rings. The van der Waals surface area contributed by atoms with Crippen molar-refractivity contribution in [2.45, 2.75) is 32.2 Å². The Kier molecular flexibility index (Phi) is 6.42. The molecule has 2 N–H and O–H groups in total. The van der Waals surface area contributed by atoms with Crippen LogP contribution < -0.4 is 10.6 Å². The average Bonchev–Trinajstić information content (AvgIpc) is 3.41. The highest BCUT2D eigenvalue weighted by Gasteiger charge is 2.19. The van der Waals surface area contributed by atoms with E-state index in [9.17, 15) is 4.79 Å². The van der Waals surface area contributed by atoms with Gasteiger partial charge in [0.1, 0.15) is 0 Å². The molecule has 2 amide bonds. The minimum absolute atomic E-state index is 0.250. The number of carbonyl (C=O) groups is 1. The Morgan fingerprint density at radius 3 is 2.97 bits per heavy atom. The first-order valence-electron chi connectivity index (χ1n) is 10.1. The van der Waals surface area contributed by atoms with Gasteiger partial charge in [0, 0.05) is 29.7 Å². The summed E-state index contributed by atoms with van der Waals surface area (Å²) in [4.78, 5) is 16.8. The predicted molar refractivity (Wildman–Crippen MR) is 116 cm³/mol. The molecule has 0 radical (unpaired) electrons. The summed E-state index contributed by atoms with van der Waals surface area (Å²) in [6.45, 7) is 2.41. The van der Waals surface area contributed by atoms with Gasteiger partial charge in [-0.05, 0) is 30.7 Å². The van der Waals surface area contributed by atoms with E-state index in [2.05, 4.69) is 37.9 Å². The van der Waals surface area contributed by atoms with Crippen LogP contribution in [-0.2, 0) is 6.42 Å². The van der Waals surface area contributed by atoms with Crippen LogP contribution in [0.1, 0.15) is 37.5 Å². The molecule has 3 heterocycles. The summed E-state index contributed by atoms with van der Waals surface area (Å²) in [6.07, 6.45) is 3.93. The molecule has 3 aromatic heterocycles. The van der Waals surface area contributed by atoms with Crippen molar-refractivity contribution in [2.24, 2.45) is 0 Å². The van der Waals surface area contributed by atoms with Crippen molar-refractivity contribution in [3.63, 3.8) is 0 Å². The minimum atomic E-state index is -0.291. The van der Waals surface area contributed by atoms with Crippen molar-refractivity contribution in [1.29, 1.82) is 0 Å². The Morgan fingerprint density at radius 1 is 1.23 bits per heavy atom. The van der Waals surface area contributed by atoms with Crippen LogP contribution in [0.15, 0.2) is 53.2 Å². The first-order valence-corrected chi connectivity index (χ1v) is 10.4. The van der Waals surface area contributed by atoms with Crippen LogP contribution in [-0.4, -0.2) is 37.3 Å². The quantitative estimate of drug-likeness (QED) is 0.432. The molecule has 10 heteroatoms. The van der Waals surface area contributed by atoms with Crippen LogP contribution in [0, 0.1) is 0 Å². The second-order valence-electron chi connectivity index (χ2n) is 7.00. The number of fused-ring (bicyclic) bond motifs is 1. The van der Waals surface area contributed by atoms with E-state index < -0.39 is 0 Å². The monoisotopic (exact) mass is 439 g/mol. The van der Waals surface area contributed by atoms with Crippen molar-refractivity contribution in [1.82, 2.24) is 35.4 Å². The largest absolute Gasteiger partial charge is 0.339 e. The molecular formula is C21H22ClN7O2. The third kappa shape index (κ3) is 5.00. The maximum Gasteiger partial charge on any atom is 0.315 e. The zero-order valence-electron chi connectivity index (χ0n) is 17.0. The topological polar surface area (TPSA) is 110 Å². The van der Waals surface area contributed by atoms with E-state index in [0.29, 0.717) is 35.5 Å². The van der Waals surface area contributed by atoms with Crippen molar-refractivity contribution >= 4 is 23.3 Å². The van der Waals surface area contributed by atoms with Gasteiger partial charge in [-0.2, -0.15) is 4.98 Å². The van der Waals surface area contributed by atoms with Crippen LogP contribution in [0.5, 0.6) is 0 Å². The Labute approximate surface area is 183 Å². The Bertz CT molecular complexity index is 1170. The molecule has 0 aliphatic rings. The third-order valence-corrected chi connectivity index (χ3v) is 4.94. The van der Waals surface area contributed by atoms with Crippen LogP contribution in [0.4, 0.5) is 4.79 Å². The number of nitrogens with zero attached hydrogens (tertiary/aromatic N) is 5. The number of nitrogens with one attached hydrogen (secondary N) is 2. The summed E-state index contributed by atoms with van der Waals surface area (Å²) >= 11 is 6.00. The number of amides is 2. The molecule has 160 valence electrons. The lowest BCUT2D eigenvalue weighted by Crippen LogP contribution is -2.39. The molecule has 4 aromatic rings. The molecule has 0 spiro atoms. The zero-order chi connectivity index (χ0) is 21.6. The fraction of sp³-hybridized carbons (Fsp3) is 0.286. The minimum Gasteiger partial charge on any atom is -0.339 e. The van der Waals surface area contributed by atoms with Crippen molar-refractivity contribution < 1.29 is 9.32 Å². The number of carbonyl (C=O) groups excluding carboxylic acids is 1. The van der Waals surface area contributed by atoms with Crippen molar-refractivity contribution in [3.05, 3.63) is 65.4 Å². The molecule has 0 aliphatic heterocycles. The molecule has 0 aliphatic carbocycles. The fourth-order valence-corrected chi connectivity index (χ4v) is 3.44. The summed E-state index contributed by atoms with van der Waals surface area (Å²) in [5.41, 5.74) is 1.52. The first kappa shape index (κ1) is 20.8. The highest BCUT2D eigenvalue weighted by molar-refractivity contribution is 6.30. The molecule has 0 saturated carbocycles. The first-order chi connectivity index (χ1) is 15.1. The molecular weight excluding hydrogens is 418 g/mol. The second kappa shape index (κ2) is 9.57. The van der Waals surface area contributed by atoms with Crippen molar-refractivity contribution in [3.8, 4) is 11.4 Å². The fourth-order valence-electron chi connectivity index (χ4n) is 3.25. The molecule has 1 unspecified atom stereocenters. The van der Waals surface area contributed by atoms with E-state index in [1.165, 1.54) is 0 Å². The number of hydrogen-bond donors (Lipinski definition) is 2. The summed E-state index contributed by atoms with van der Waals surface area (Å²) < 4.78 is 7.16. The lowest BCUT2D eigenvalue weighted by Gasteiger charge is -2.17. The number of aromatic nitrogens is 5. The summed E-state index contributed by atoms with van der Waals surface area (Å²) in [6, 6.07) is 12.4. The van der Waals surface area contributed by atoms with Gasteiger partial charge in [0.2, 0.25) is 11.7 Å².